The normalized spacial score (nSPS) is 18.7. The number of benzene rings is 2. The summed E-state index contributed by atoms with van der Waals surface area (Å²) in [4.78, 5) is 14.3. The van der Waals surface area contributed by atoms with E-state index in [2.05, 4.69) is 17.4 Å². The van der Waals surface area contributed by atoms with Crippen molar-refractivity contribution in [3.8, 4) is 11.5 Å². The van der Waals surface area contributed by atoms with Crippen molar-refractivity contribution < 1.29 is 14.3 Å². The standard InChI is InChI=1S/C17H16N2O3/c20-17(18-13-6-7-15-16(10-13)22-11-21-15)19-9-8-14(19)12-4-2-1-3-5-12/h1-7,10,14H,8-9,11H2,(H,18,20)/t14-/m0/s1. The molecule has 0 aliphatic carbocycles. The summed E-state index contributed by atoms with van der Waals surface area (Å²) in [6.45, 7) is 1.00. The van der Waals surface area contributed by atoms with Gasteiger partial charge >= 0.3 is 6.03 Å². The van der Waals surface area contributed by atoms with Gasteiger partial charge in [0.15, 0.2) is 11.5 Å². The average Bonchev–Trinajstić information content (AvgIpc) is 2.94. The Morgan fingerprint density at radius 3 is 2.68 bits per heavy atom. The zero-order valence-electron chi connectivity index (χ0n) is 12.0. The third-order valence-corrected chi connectivity index (χ3v) is 4.09. The molecule has 0 spiro atoms. The van der Waals surface area contributed by atoms with Gasteiger partial charge in [0.25, 0.3) is 0 Å². The molecule has 1 atom stereocenters. The van der Waals surface area contributed by atoms with Gasteiger partial charge in [-0.3, -0.25) is 0 Å². The molecule has 0 radical (unpaired) electrons. The summed E-state index contributed by atoms with van der Waals surface area (Å²) in [5.41, 5.74) is 1.89. The first-order valence-corrected chi connectivity index (χ1v) is 7.33. The number of carbonyl (C=O) groups excluding carboxylic acids is 1. The first kappa shape index (κ1) is 13.0. The van der Waals surface area contributed by atoms with E-state index in [9.17, 15) is 4.79 Å². The third-order valence-electron chi connectivity index (χ3n) is 4.09. The molecule has 1 fully saturated rings. The predicted octanol–water partition coefficient (Wildman–Crippen LogP) is 3.39. The summed E-state index contributed by atoms with van der Waals surface area (Å²) >= 11 is 0. The van der Waals surface area contributed by atoms with Gasteiger partial charge in [-0.15, -0.1) is 0 Å². The fraction of sp³-hybridized carbons (Fsp3) is 0.235. The molecule has 0 unspecified atom stereocenters. The molecule has 5 heteroatoms. The maximum Gasteiger partial charge on any atom is 0.322 e. The number of hydrogen-bond donors (Lipinski definition) is 1. The van der Waals surface area contributed by atoms with Crippen molar-refractivity contribution in [1.82, 2.24) is 4.90 Å². The molecule has 1 N–H and O–H groups in total. The lowest BCUT2D eigenvalue weighted by molar-refractivity contribution is 0.126. The van der Waals surface area contributed by atoms with Gasteiger partial charge < -0.3 is 19.7 Å². The Balaban J connectivity index is 1.46. The van der Waals surface area contributed by atoms with Crippen molar-refractivity contribution in [3.05, 3.63) is 54.1 Å². The number of urea groups is 1. The van der Waals surface area contributed by atoms with Crippen molar-refractivity contribution >= 4 is 11.7 Å². The summed E-state index contributed by atoms with van der Waals surface area (Å²) in [6.07, 6.45) is 0.999. The molecule has 2 aromatic carbocycles. The first-order valence-electron chi connectivity index (χ1n) is 7.33. The van der Waals surface area contributed by atoms with Crippen molar-refractivity contribution in [2.45, 2.75) is 12.5 Å². The fourth-order valence-corrected chi connectivity index (χ4v) is 2.82. The topological polar surface area (TPSA) is 50.8 Å². The zero-order valence-corrected chi connectivity index (χ0v) is 12.0. The van der Waals surface area contributed by atoms with Gasteiger partial charge in [-0.2, -0.15) is 0 Å². The summed E-state index contributed by atoms with van der Waals surface area (Å²) in [6, 6.07) is 15.6. The molecule has 0 aromatic heterocycles. The Hall–Kier alpha value is -2.69. The second-order valence-corrected chi connectivity index (χ2v) is 5.41. The number of amides is 2. The molecule has 0 saturated carbocycles. The Labute approximate surface area is 128 Å². The quantitative estimate of drug-likeness (QED) is 0.924. The smallest absolute Gasteiger partial charge is 0.322 e. The lowest BCUT2D eigenvalue weighted by atomic mass is 9.95. The maximum atomic E-state index is 12.4. The average molecular weight is 296 g/mol. The summed E-state index contributed by atoms with van der Waals surface area (Å²) < 4.78 is 10.6. The Kier molecular flexibility index (Phi) is 3.11. The van der Waals surface area contributed by atoms with Crippen LogP contribution < -0.4 is 14.8 Å². The van der Waals surface area contributed by atoms with Crippen LogP contribution in [0.15, 0.2) is 48.5 Å². The SMILES string of the molecule is O=C(Nc1ccc2c(c1)OCO2)N1CC[C@H]1c1ccccc1. The van der Waals surface area contributed by atoms with E-state index in [0.717, 1.165) is 13.0 Å². The predicted molar refractivity (Wildman–Crippen MR) is 82.1 cm³/mol. The highest BCUT2D eigenvalue weighted by atomic mass is 16.7. The molecule has 2 aliphatic rings. The van der Waals surface area contributed by atoms with E-state index in [0.29, 0.717) is 17.2 Å². The van der Waals surface area contributed by atoms with E-state index in [4.69, 9.17) is 9.47 Å². The molecule has 4 rings (SSSR count). The van der Waals surface area contributed by atoms with Crippen LogP contribution in [0.1, 0.15) is 18.0 Å². The van der Waals surface area contributed by atoms with Gasteiger partial charge in [-0.25, -0.2) is 4.79 Å². The lowest BCUT2D eigenvalue weighted by Gasteiger charge is -2.41. The number of rotatable bonds is 2. The summed E-state index contributed by atoms with van der Waals surface area (Å²) in [5, 5.41) is 2.92. The number of hydrogen-bond acceptors (Lipinski definition) is 3. The molecule has 2 heterocycles. The van der Waals surface area contributed by atoms with E-state index in [-0.39, 0.29) is 18.9 Å². The molecule has 2 aromatic rings. The van der Waals surface area contributed by atoms with Crippen LogP contribution in [0.5, 0.6) is 11.5 Å². The van der Waals surface area contributed by atoms with Crippen LogP contribution in [-0.4, -0.2) is 24.3 Å². The largest absolute Gasteiger partial charge is 0.454 e. The fourth-order valence-electron chi connectivity index (χ4n) is 2.82. The van der Waals surface area contributed by atoms with Gasteiger partial charge in [0.2, 0.25) is 6.79 Å². The van der Waals surface area contributed by atoms with Crippen molar-refractivity contribution in [2.75, 3.05) is 18.7 Å². The third kappa shape index (κ3) is 2.24. The molecular formula is C17H16N2O3. The van der Waals surface area contributed by atoms with Crippen molar-refractivity contribution in [2.24, 2.45) is 0 Å². The number of fused-ring (bicyclic) bond motifs is 1. The Morgan fingerprint density at radius 2 is 1.91 bits per heavy atom. The number of likely N-dealkylation sites (tertiary alicyclic amines) is 1. The van der Waals surface area contributed by atoms with Gasteiger partial charge in [-0.1, -0.05) is 30.3 Å². The molecule has 112 valence electrons. The molecule has 2 aliphatic heterocycles. The van der Waals surface area contributed by atoms with Gasteiger partial charge in [0, 0.05) is 18.3 Å². The number of nitrogens with one attached hydrogen (secondary N) is 1. The minimum atomic E-state index is -0.0843. The molecule has 1 saturated heterocycles. The molecule has 0 bridgehead atoms. The van der Waals surface area contributed by atoms with Crippen molar-refractivity contribution in [1.29, 1.82) is 0 Å². The number of ether oxygens (including phenoxy) is 2. The Morgan fingerprint density at radius 1 is 1.09 bits per heavy atom. The monoisotopic (exact) mass is 296 g/mol. The zero-order chi connectivity index (χ0) is 14.9. The van der Waals surface area contributed by atoms with Crippen LogP contribution in [0.2, 0.25) is 0 Å². The van der Waals surface area contributed by atoms with Crippen LogP contribution in [-0.2, 0) is 0 Å². The molecule has 2 amide bonds. The molecule has 22 heavy (non-hydrogen) atoms. The van der Waals surface area contributed by atoms with Crippen molar-refractivity contribution in [3.63, 3.8) is 0 Å². The summed E-state index contributed by atoms with van der Waals surface area (Å²) in [5.74, 6) is 1.38. The minimum absolute atomic E-state index is 0.0843. The van der Waals surface area contributed by atoms with Gasteiger partial charge in [0.1, 0.15) is 0 Å². The maximum absolute atomic E-state index is 12.4. The van der Waals surface area contributed by atoms with Crippen LogP contribution >= 0.6 is 0 Å². The molecular weight excluding hydrogens is 280 g/mol. The number of anilines is 1. The highest BCUT2D eigenvalue weighted by Crippen LogP contribution is 2.36. The first-order chi connectivity index (χ1) is 10.8. The van der Waals surface area contributed by atoms with E-state index < -0.39 is 0 Å². The van der Waals surface area contributed by atoms with E-state index in [1.807, 2.05) is 35.2 Å². The second-order valence-electron chi connectivity index (χ2n) is 5.41. The van der Waals surface area contributed by atoms with Gasteiger partial charge in [0.05, 0.1) is 6.04 Å². The second kappa shape index (κ2) is 5.26. The molecule has 5 nitrogen and oxygen atoms in total. The minimum Gasteiger partial charge on any atom is -0.454 e. The van der Waals surface area contributed by atoms with Gasteiger partial charge in [-0.05, 0) is 24.1 Å². The lowest BCUT2D eigenvalue weighted by Crippen LogP contribution is -2.47. The highest BCUT2D eigenvalue weighted by Gasteiger charge is 2.33. The highest BCUT2D eigenvalue weighted by molar-refractivity contribution is 5.90. The summed E-state index contributed by atoms with van der Waals surface area (Å²) in [7, 11) is 0. The van der Waals surface area contributed by atoms with E-state index >= 15 is 0 Å². The number of nitrogens with zero attached hydrogens (tertiary/aromatic N) is 1. The van der Waals surface area contributed by atoms with Crippen LogP contribution in [0.3, 0.4) is 0 Å². The van der Waals surface area contributed by atoms with Crippen LogP contribution in [0.25, 0.3) is 0 Å². The Bertz CT molecular complexity index is 702. The van der Waals surface area contributed by atoms with Crippen LogP contribution in [0.4, 0.5) is 10.5 Å². The van der Waals surface area contributed by atoms with E-state index in [1.54, 1.807) is 6.07 Å². The number of carbonyl (C=O) groups is 1. The van der Waals surface area contributed by atoms with Crippen LogP contribution in [0, 0.1) is 0 Å². The van der Waals surface area contributed by atoms with E-state index in [1.165, 1.54) is 5.56 Å².